The minimum atomic E-state index is -4.82. The lowest BCUT2D eigenvalue weighted by molar-refractivity contribution is -0.140. The maximum absolute atomic E-state index is 14.6. The number of nitrogens with two attached hydrogens (primary N) is 1. The Morgan fingerprint density at radius 1 is 1.12 bits per heavy atom. The fourth-order valence-electron chi connectivity index (χ4n) is 4.06. The average molecular weight is 462 g/mol. The summed E-state index contributed by atoms with van der Waals surface area (Å²) >= 11 is 0. The van der Waals surface area contributed by atoms with Crippen LogP contribution >= 0.6 is 0 Å². The molecule has 0 saturated carbocycles. The number of aromatic nitrogens is 2. The van der Waals surface area contributed by atoms with Crippen molar-refractivity contribution in [1.29, 1.82) is 0 Å². The number of nitrogens with one attached hydrogen (secondary N) is 1. The molecule has 3 aromatic rings. The first-order chi connectivity index (χ1) is 15.4. The van der Waals surface area contributed by atoms with Gasteiger partial charge >= 0.3 is 6.18 Å². The number of likely N-dealkylation sites (N-methyl/N-ethyl adjacent to an activating group) is 1. The molecule has 176 valence electrons. The van der Waals surface area contributed by atoms with E-state index in [-0.39, 0.29) is 16.9 Å². The lowest BCUT2D eigenvalue weighted by atomic mass is 9.90. The molecule has 1 saturated heterocycles. The van der Waals surface area contributed by atoms with Crippen molar-refractivity contribution < 1.29 is 17.6 Å². The molecule has 1 atom stereocenters. The third kappa shape index (κ3) is 4.20. The van der Waals surface area contributed by atoms with E-state index in [1.54, 1.807) is 0 Å². The molecule has 0 radical (unpaired) electrons. The van der Waals surface area contributed by atoms with Crippen molar-refractivity contribution in [2.45, 2.75) is 31.7 Å². The molecule has 0 bridgehead atoms. The van der Waals surface area contributed by atoms with Gasteiger partial charge in [-0.25, -0.2) is 4.39 Å². The maximum atomic E-state index is 14.6. The van der Waals surface area contributed by atoms with Crippen LogP contribution in [0, 0.1) is 12.7 Å². The van der Waals surface area contributed by atoms with Crippen molar-refractivity contribution in [1.82, 2.24) is 15.1 Å². The summed E-state index contributed by atoms with van der Waals surface area (Å²) in [6, 6.07) is 8.92. The summed E-state index contributed by atoms with van der Waals surface area (Å²) in [6.45, 7) is 5.70. The monoisotopic (exact) mass is 462 g/mol. The van der Waals surface area contributed by atoms with Gasteiger partial charge in [-0.3, -0.25) is 0 Å². The van der Waals surface area contributed by atoms with Gasteiger partial charge in [-0.1, -0.05) is 18.2 Å². The predicted molar refractivity (Wildman–Crippen MR) is 121 cm³/mol. The van der Waals surface area contributed by atoms with Gasteiger partial charge in [0.2, 0.25) is 0 Å². The molecule has 1 aliphatic heterocycles. The quantitative estimate of drug-likeness (QED) is 0.435. The zero-order valence-corrected chi connectivity index (χ0v) is 18.8. The van der Waals surface area contributed by atoms with E-state index in [1.165, 1.54) is 6.07 Å². The molecular weight excluding hydrogens is 436 g/mol. The Bertz CT molecular complexity index is 1190. The normalized spacial score (nSPS) is 16.7. The fourth-order valence-corrected chi connectivity index (χ4v) is 4.06. The molecule has 0 unspecified atom stereocenters. The summed E-state index contributed by atoms with van der Waals surface area (Å²) in [5.41, 5.74) is 6.16. The molecule has 0 amide bonds. The Morgan fingerprint density at radius 3 is 2.45 bits per heavy atom. The van der Waals surface area contributed by atoms with Gasteiger partial charge in [-0.05, 0) is 46.1 Å². The molecule has 2 heterocycles. The zero-order valence-electron chi connectivity index (χ0n) is 18.8. The van der Waals surface area contributed by atoms with E-state index in [0.717, 1.165) is 30.2 Å². The number of benzene rings is 2. The van der Waals surface area contributed by atoms with Crippen LogP contribution in [-0.4, -0.2) is 47.8 Å². The van der Waals surface area contributed by atoms with Crippen LogP contribution in [0.1, 0.15) is 29.9 Å². The van der Waals surface area contributed by atoms with Gasteiger partial charge in [0, 0.05) is 35.1 Å². The molecule has 2 aromatic carbocycles. The van der Waals surface area contributed by atoms with Crippen LogP contribution in [0.4, 0.5) is 29.1 Å². The summed E-state index contributed by atoms with van der Waals surface area (Å²) in [4.78, 5) is 4.42. The predicted octanol–water partition coefficient (Wildman–Crippen LogP) is 4.31. The molecule has 10 heteroatoms. The number of anilines is 2. The molecule has 3 N–H and O–H groups in total. The number of alkyl halides is 3. The van der Waals surface area contributed by atoms with Gasteiger partial charge in [-0.15, -0.1) is 5.10 Å². The van der Waals surface area contributed by atoms with Crippen molar-refractivity contribution in [2.24, 2.45) is 5.73 Å². The molecule has 0 spiro atoms. The topological polar surface area (TPSA) is 70.3 Å². The van der Waals surface area contributed by atoms with Crippen molar-refractivity contribution in [2.75, 3.05) is 37.4 Å². The molecule has 33 heavy (non-hydrogen) atoms. The number of fused-ring (bicyclic) bond motifs is 1. The Labute approximate surface area is 189 Å². The highest BCUT2D eigenvalue weighted by Crippen LogP contribution is 2.36. The van der Waals surface area contributed by atoms with Crippen LogP contribution in [0.5, 0.6) is 0 Å². The third-order valence-corrected chi connectivity index (χ3v) is 6.42. The smallest absolute Gasteiger partial charge is 0.368 e. The molecule has 1 aliphatic rings. The number of halogens is 4. The second-order valence-electron chi connectivity index (χ2n) is 8.94. The highest BCUT2D eigenvalue weighted by Gasteiger charge is 2.40. The minimum absolute atomic E-state index is 0.0752. The van der Waals surface area contributed by atoms with Crippen LogP contribution in [0.2, 0.25) is 0 Å². The highest BCUT2D eigenvalue weighted by atomic mass is 19.4. The van der Waals surface area contributed by atoms with Crippen molar-refractivity contribution in [3.8, 4) is 0 Å². The van der Waals surface area contributed by atoms with E-state index in [9.17, 15) is 17.6 Å². The average Bonchev–Trinajstić information content (AvgIpc) is 2.72. The first-order valence-corrected chi connectivity index (χ1v) is 10.5. The van der Waals surface area contributed by atoms with E-state index in [1.807, 2.05) is 39.2 Å². The summed E-state index contributed by atoms with van der Waals surface area (Å²) < 4.78 is 53.9. The maximum Gasteiger partial charge on any atom is 0.419 e. The summed E-state index contributed by atoms with van der Waals surface area (Å²) in [7, 11) is 4.10. The van der Waals surface area contributed by atoms with Crippen molar-refractivity contribution >= 4 is 22.3 Å². The lowest BCUT2D eigenvalue weighted by Gasteiger charge is -2.53. The largest absolute Gasteiger partial charge is 0.419 e. The molecule has 1 fully saturated rings. The third-order valence-electron chi connectivity index (χ3n) is 6.42. The van der Waals surface area contributed by atoms with Crippen LogP contribution in [0.25, 0.3) is 10.8 Å². The van der Waals surface area contributed by atoms with Gasteiger partial charge in [0.05, 0.1) is 16.8 Å². The van der Waals surface area contributed by atoms with Gasteiger partial charge in [0.25, 0.3) is 0 Å². The first kappa shape index (κ1) is 23.2. The molecular formula is C23H26F4N6. The second-order valence-corrected chi connectivity index (χ2v) is 8.94. The van der Waals surface area contributed by atoms with Crippen LogP contribution < -0.4 is 16.0 Å². The first-order valence-electron chi connectivity index (χ1n) is 10.5. The van der Waals surface area contributed by atoms with Gasteiger partial charge in [0.15, 0.2) is 5.82 Å². The molecule has 0 aliphatic carbocycles. The zero-order chi connectivity index (χ0) is 24.1. The Morgan fingerprint density at radius 2 is 1.82 bits per heavy atom. The molecule has 4 rings (SSSR count). The van der Waals surface area contributed by atoms with Gasteiger partial charge in [0.1, 0.15) is 12.0 Å². The van der Waals surface area contributed by atoms with E-state index < -0.39 is 23.7 Å². The Balaban J connectivity index is 1.67. The number of hydrogen-bond acceptors (Lipinski definition) is 6. The van der Waals surface area contributed by atoms with E-state index in [0.29, 0.717) is 17.1 Å². The van der Waals surface area contributed by atoms with Crippen LogP contribution in [-0.2, 0) is 6.18 Å². The number of nitrogens with zero attached hydrogens (tertiary/aromatic N) is 4. The minimum Gasteiger partial charge on any atom is -0.368 e. The SMILES string of the molecule is Cc1nnc(N[C@H](N)c2cccc(C(F)(F)F)c2F)c2cc(N3CC(C)(N(C)C)C3)ccc12. The van der Waals surface area contributed by atoms with Gasteiger partial charge < -0.3 is 20.9 Å². The molecule has 1 aromatic heterocycles. The van der Waals surface area contributed by atoms with Crippen LogP contribution in [0.3, 0.4) is 0 Å². The Hall–Kier alpha value is -2.98. The number of aryl methyl sites for hydroxylation is 1. The lowest BCUT2D eigenvalue weighted by Crippen LogP contribution is -2.67. The highest BCUT2D eigenvalue weighted by molar-refractivity contribution is 5.95. The Kier molecular flexibility index (Phi) is 5.69. The van der Waals surface area contributed by atoms with Gasteiger partial charge in [-0.2, -0.15) is 18.3 Å². The van der Waals surface area contributed by atoms with E-state index in [4.69, 9.17) is 5.73 Å². The standard InChI is InChI=1S/C23H26F4N6/c1-13-15-9-8-14(33-11-22(2,12-33)32(3)4)10-17(15)21(31-30-13)29-20(28)16-6-5-7-18(19(16)24)23(25,26)27/h5-10,20H,11-12,28H2,1-4H3,(H,29,31)/t20-/m0/s1. The van der Waals surface area contributed by atoms with E-state index in [2.05, 4.69) is 32.2 Å². The number of hydrogen-bond donors (Lipinski definition) is 2. The van der Waals surface area contributed by atoms with Crippen LogP contribution in [0.15, 0.2) is 36.4 Å². The summed E-state index contributed by atoms with van der Waals surface area (Å²) in [6.07, 6.45) is -6.07. The van der Waals surface area contributed by atoms with E-state index >= 15 is 0 Å². The number of rotatable bonds is 5. The second kappa shape index (κ2) is 8.11. The van der Waals surface area contributed by atoms with Crippen molar-refractivity contribution in [3.05, 3.63) is 59.0 Å². The summed E-state index contributed by atoms with van der Waals surface area (Å²) in [5, 5.41) is 12.7. The van der Waals surface area contributed by atoms with Crippen molar-refractivity contribution in [3.63, 3.8) is 0 Å². The summed E-state index contributed by atoms with van der Waals surface area (Å²) in [5.74, 6) is -1.13. The fraction of sp³-hybridized carbons (Fsp3) is 0.391. The molecule has 6 nitrogen and oxygen atoms in total.